The molecule has 0 radical (unpaired) electrons. The van der Waals surface area contributed by atoms with E-state index in [2.05, 4.69) is 25.3 Å². The first-order chi connectivity index (χ1) is 10.3. The number of benzene rings is 1. The standard InChI is InChI=1S/C15H12N6/c1-21-9-11(7-17-21)12-8-16-15-14(18-12)13(19-20-15)10-5-3-2-4-6-10/h2-9H,1H3,(H,16,19,20). The molecule has 1 N–H and O–H groups in total. The van der Waals surface area contributed by atoms with E-state index in [1.165, 1.54) is 0 Å². The molecule has 0 bridgehead atoms. The molecule has 4 aromatic rings. The average molecular weight is 276 g/mol. The highest BCUT2D eigenvalue weighted by atomic mass is 15.2. The largest absolute Gasteiger partial charge is 0.275 e. The van der Waals surface area contributed by atoms with Crippen LogP contribution in [0.15, 0.2) is 48.9 Å². The summed E-state index contributed by atoms with van der Waals surface area (Å²) in [5, 5.41) is 11.4. The molecule has 0 amide bonds. The summed E-state index contributed by atoms with van der Waals surface area (Å²) in [7, 11) is 1.88. The van der Waals surface area contributed by atoms with Gasteiger partial charge in [-0.2, -0.15) is 10.2 Å². The van der Waals surface area contributed by atoms with Crippen LogP contribution in [0.5, 0.6) is 0 Å². The molecule has 21 heavy (non-hydrogen) atoms. The lowest BCUT2D eigenvalue weighted by molar-refractivity contribution is 0.768. The number of aromatic nitrogens is 6. The number of nitrogens with zero attached hydrogens (tertiary/aromatic N) is 5. The molecule has 0 aliphatic carbocycles. The van der Waals surface area contributed by atoms with Gasteiger partial charge in [0.05, 0.1) is 23.8 Å². The number of nitrogens with one attached hydrogen (secondary N) is 1. The molecule has 1 aromatic carbocycles. The number of H-pyrrole nitrogens is 1. The Bertz CT molecular complexity index is 906. The summed E-state index contributed by atoms with van der Waals surface area (Å²) in [5.74, 6) is 0. The zero-order valence-electron chi connectivity index (χ0n) is 11.4. The molecule has 4 rings (SSSR count). The van der Waals surface area contributed by atoms with Crippen LogP contribution in [0.1, 0.15) is 0 Å². The van der Waals surface area contributed by atoms with E-state index >= 15 is 0 Å². The van der Waals surface area contributed by atoms with Crippen LogP contribution in [-0.2, 0) is 7.05 Å². The Morgan fingerprint density at radius 2 is 1.90 bits per heavy atom. The van der Waals surface area contributed by atoms with E-state index in [9.17, 15) is 0 Å². The van der Waals surface area contributed by atoms with Gasteiger partial charge in [0.2, 0.25) is 0 Å². The summed E-state index contributed by atoms with van der Waals surface area (Å²) in [5.41, 5.74) is 5.02. The molecule has 6 heteroatoms. The van der Waals surface area contributed by atoms with Gasteiger partial charge in [0.1, 0.15) is 5.52 Å². The predicted octanol–water partition coefficient (Wildman–Crippen LogP) is 2.42. The fraction of sp³-hybridized carbons (Fsp3) is 0.0667. The minimum atomic E-state index is 0.612. The van der Waals surface area contributed by atoms with Crippen molar-refractivity contribution in [1.82, 2.24) is 29.9 Å². The van der Waals surface area contributed by atoms with Crippen LogP contribution in [0.2, 0.25) is 0 Å². The Labute approximate surface area is 120 Å². The predicted molar refractivity (Wildman–Crippen MR) is 79.3 cm³/mol. The Morgan fingerprint density at radius 1 is 1.05 bits per heavy atom. The van der Waals surface area contributed by atoms with Gasteiger partial charge in [-0.3, -0.25) is 9.78 Å². The first-order valence-electron chi connectivity index (χ1n) is 6.57. The molecule has 0 saturated carbocycles. The highest BCUT2D eigenvalue weighted by Gasteiger charge is 2.12. The summed E-state index contributed by atoms with van der Waals surface area (Å²) < 4.78 is 1.74. The number of rotatable bonds is 2. The molecular weight excluding hydrogens is 264 g/mol. The third kappa shape index (κ3) is 1.97. The van der Waals surface area contributed by atoms with Crippen LogP contribution in [0.4, 0.5) is 0 Å². The maximum Gasteiger partial charge on any atom is 0.200 e. The Hall–Kier alpha value is -3.02. The molecule has 0 atom stereocenters. The lowest BCUT2D eigenvalue weighted by Crippen LogP contribution is -1.88. The van der Waals surface area contributed by atoms with Gasteiger partial charge in [0, 0.05) is 24.4 Å². The van der Waals surface area contributed by atoms with E-state index in [0.29, 0.717) is 5.65 Å². The quantitative estimate of drug-likeness (QED) is 0.610. The zero-order valence-corrected chi connectivity index (χ0v) is 11.4. The van der Waals surface area contributed by atoms with Gasteiger partial charge < -0.3 is 0 Å². The Balaban J connectivity index is 1.90. The minimum absolute atomic E-state index is 0.612. The fourth-order valence-corrected chi connectivity index (χ4v) is 2.29. The smallest absolute Gasteiger partial charge is 0.200 e. The fourth-order valence-electron chi connectivity index (χ4n) is 2.29. The SMILES string of the molecule is Cn1cc(-c2cnc3n[nH]c(-c4ccccc4)c3n2)cn1. The first-order valence-corrected chi connectivity index (χ1v) is 6.57. The molecule has 102 valence electrons. The lowest BCUT2D eigenvalue weighted by Gasteiger charge is -1.99. The zero-order chi connectivity index (χ0) is 14.2. The van der Waals surface area contributed by atoms with Gasteiger partial charge in [-0.05, 0) is 0 Å². The number of hydrogen-bond acceptors (Lipinski definition) is 4. The lowest BCUT2D eigenvalue weighted by atomic mass is 10.1. The van der Waals surface area contributed by atoms with Crippen LogP contribution in [-0.4, -0.2) is 29.9 Å². The monoisotopic (exact) mass is 276 g/mol. The number of fused-ring (bicyclic) bond motifs is 1. The highest BCUT2D eigenvalue weighted by molar-refractivity contribution is 5.88. The van der Waals surface area contributed by atoms with Crippen molar-refractivity contribution in [2.75, 3.05) is 0 Å². The van der Waals surface area contributed by atoms with Crippen molar-refractivity contribution in [1.29, 1.82) is 0 Å². The van der Waals surface area contributed by atoms with Crippen molar-refractivity contribution < 1.29 is 0 Å². The van der Waals surface area contributed by atoms with Crippen molar-refractivity contribution in [3.8, 4) is 22.5 Å². The molecule has 6 nitrogen and oxygen atoms in total. The van der Waals surface area contributed by atoms with Crippen molar-refractivity contribution in [2.45, 2.75) is 0 Å². The van der Waals surface area contributed by atoms with E-state index in [1.807, 2.05) is 43.6 Å². The number of aryl methyl sites for hydroxylation is 1. The van der Waals surface area contributed by atoms with E-state index in [-0.39, 0.29) is 0 Å². The molecule has 3 heterocycles. The number of aromatic amines is 1. The average Bonchev–Trinajstić information content (AvgIpc) is 3.13. The topological polar surface area (TPSA) is 72.3 Å². The van der Waals surface area contributed by atoms with Crippen molar-refractivity contribution in [3.63, 3.8) is 0 Å². The molecule has 0 aliphatic rings. The Kier molecular flexibility index (Phi) is 2.53. The Morgan fingerprint density at radius 3 is 2.67 bits per heavy atom. The van der Waals surface area contributed by atoms with Crippen molar-refractivity contribution in [3.05, 3.63) is 48.9 Å². The van der Waals surface area contributed by atoms with Gasteiger partial charge in [0.25, 0.3) is 0 Å². The molecular formula is C15H12N6. The van der Waals surface area contributed by atoms with Gasteiger partial charge >= 0.3 is 0 Å². The second-order valence-electron chi connectivity index (χ2n) is 4.79. The molecule has 0 unspecified atom stereocenters. The normalized spacial score (nSPS) is 11.1. The summed E-state index contributed by atoms with van der Waals surface area (Å²) in [4.78, 5) is 9.06. The van der Waals surface area contributed by atoms with Crippen molar-refractivity contribution in [2.24, 2.45) is 7.05 Å². The summed E-state index contributed by atoms with van der Waals surface area (Å²) in [6.45, 7) is 0. The van der Waals surface area contributed by atoms with Crippen LogP contribution < -0.4 is 0 Å². The summed E-state index contributed by atoms with van der Waals surface area (Å²) in [6.07, 6.45) is 5.41. The van der Waals surface area contributed by atoms with Gasteiger partial charge in [0.15, 0.2) is 5.65 Å². The van der Waals surface area contributed by atoms with E-state index in [4.69, 9.17) is 0 Å². The summed E-state index contributed by atoms with van der Waals surface area (Å²) >= 11 is 0. The number of hydrogen-bond donors (Lipinski definition) is 1. The maximum atomic E-state index is 4.69. The minimum Gasteiger partial charge on any atom is -0.275 e. The van der Waals surface area contributed by atoms with E-state index in [1.54, 1.807) is 17.1 Å². The third-order valence-corrected chi connectivity index (χ3v) is 3.33. The van der Waals surface area contributed by atoms with Crippen LogP contribution in [0, 0.1) is 0 Å². The molecule has 0 spiro atoms. The van der Waals surface area contributed by atoms with E-state index in [0.717, 1.165) is 28.0 Å². The van der Waals surface area contributed by atoms with Crippen LogP contribution in [0.25, 0.3) is 33.7 Å². The molecule has 0 aliphatic heterocycles. The van der Waals surface area contributed by atoms with Gasteiger partial charge in [-0.25, -0.2) is 9.97 Å². The van der Waals surface area contributed by atoms with Crippen LogP contribution >= 0.6 is 0 Å². The van der Waals surface area contributed by atoms with Crippen LogP contribution in [0.3, 0.4) is 0 Å². The first kappa shape index (κ1) is 11.8. The highest BCUT2D eigenvalue weighted by Crippen LogP contribution is 2.25. The third-order valence-electron chi connectivity index (χ3n) is 3.33. The molecule has 3 aromatic heterocycles. The second-order valence-corrected chi connectivity index (χ2v) is 4.79. The summed E-state index contributed by atoms with van der Waals surface area (Å²) in [6, 6.07) is 9.99. The maximum absolute atomic E-state index is 4.69. The van der Waals surface area contributed by atoms with Gasteiger partial charge in [-0.15, -0.1) is 0 Å². The molecule has 0 saturated heterocycles. The van der Waals surface area contributed by atoms with Gasteiger partial charge in [-0.1, -0.05) is 30.3 Å². The van der Waals surface area contributed by atoms with E-state index < -0.39 is 0 Å². The van der Waals surface area contributed by atoms with Crippen molar-refractivity contribution >= 4 is 11.2 Å². The molecule has 0 fully saturated rings. The second kappa shape index (κ2) is 4.52.